The molecule has 0 saturated heterocycles. The number of phenolic OH excluding ortho intramolecular Hbond substituents is 1. The predicted octanol–water partition coefficient (Wildman–Crippen LogP) is 8.43. The minimum atomic E-state index is 0.253. The van der Waals surface area contributed by atoms with Crippen LogP contribution in [0.15, 0.2) is 66.7 Å². The average molecular weight is 496 g/mol. The van der Waals surface area contributed by atoms with E-state index >= 15 is 0 Å². The van der Waals surface area contributed by atoms with Crippen LogP contribution in [-0.4, -0.2) is 20.3 Å². The SMILES string of the molecule is CCCc1nc(C=Cc2ccc(Oc3c(-c4ccccc4C(C)C)sc4cc(O)ccc34)cc2)n[nH]1. The highest BCUT2D eigenvalue weighted by Crippen LogP contribution is 2.48. The summed E-state index contributed by atoms with van der Waals surface area (Å²) in [5, 5.41) is 18.3. The van der Waals surface area contributed by atoms with Crippen LogP contribution in [0.1, 0.15) is 55.9 Å². The third-order valence-corrected chi connectivity index (χ3v) is 7.18. The number of phenols is 1. The minimum absolute atomic E-state index is 0.253. The van der Waals surface area contributed by atoms with Crippen LogP contribution in [-0.2, 0) is 6.42 Å². The summed E-state index contributed by atoms with van der Waals surface area (Å²) in [4.78, 5) is 5.55. The van der Waals surface area contributed by atoms with Crippen molar-refractivity contribution in [2.45, 2.75) is 39.5 Å². The molecular formula is C30H29N3O2S. The molecule has 0 saturated carbocycles. The van der Waals surface area contributed by atoms with Gasteiger partial charge in [-0.05, 0) is 65.4 Å². The number of hydrogen-bond acceptors (Lipinski definition) is 5. The maximum absolute atomic E-state index is 10.1. The van der Waals surface area contributed by atoms with Crippen molar-refractivity contribution in [1.29, 1.82) is 0 Å². The highest BCUT2D eigenvalue weighted by Gasteiger charge is 2.20. The van der Waals surface area contributed by atoms with E-state index in [-0.39, 0.29) is 5.75 Å². The Morgan fingerprint density at radius 1 is 1.03 bits per heavy atom. The maximum Gasteiger partial charge on any atom is 0.173 e. The van der Waals surface area contributed by atoms with Gasteiger partial charge in [0.15, 0.2) is 11.6 Å². The highest BCUT2D eigenvalue weighted by atomic mass is 32.1. The number of aromatic amines is 1. The molecule has 0 amide bonds. The molecule has 0 aliphatic carbocycles. The molecule has 0 spiro atoms. The average Bonchev–Trinajstić information content (AvgIpc) is 3.48. The van der Waals surface area contributed by atoms with Crippen molar-refractivity contribution in [3.8, 4) is 27.7 Å². The van der Waals surface area contributed by atoms with Crippen molar-refractivity contribution in [2.24, 2.45) is 0 Å². The highest BCUT2D eigenvalue weighted by molar-refractivity contribution is 7.22. The van der Waals surface area contributed by atoms with Crippen molar-refractivity contribution >= 4 is 33.6 Å². The zero-order valence-electron chi connectivity index (χ0n) is 20.7. The molecule has 0 bridgehead atoms. The van der Waals surface area contributed by atoms with E-state index in [1.165, 1.54) is 5.56 Å². The number of aromatic hydroxyl groups is 1. The van der Waals surface area contributed by atoms with E-state index in [1.807, 2.05) is 42.5 Å². The first kappa shape index (κ1) is 23.8. The number of aromatic nitrogens is 3. The Bertz CT molecular complexity index is 1510. The molecule has 0 aliphatic rings. The first-order valence-electron chi connectivity index (χ1n) is 12.2. The second kappa shape index (κ2) is 10.4. The van der Waals surface area contributed by atoms with Gasteiger partial charge >= 0.3 is 0 Å². The fourth-order valence-corrected chi connectivity index (χ4v) is 5.43. The molecular weight excluding hydrogens is 466 g/mol. The van der Waals surface area contributed by atoms with Crippen LogP contribution in [0.25, 0.3) is 32.7 Å². The number of nitrogens with zero attached hydrogens (tertiary/aromatic N) is 2. The van der Waals surface area contributed by atoms with Gasteiger partial charge in [-0.15, -0.1) is 11.3 Å². The van der Waals surface area contributed by atoms with Gasteiger partial charge in [0.1, 0.15) is 17.3 Å². The van der Waals surface area contributed by atoms with Crippen LogP contribution < -0.4 is 4.74 Å². The molecule has 0 radical (unpaired) electrons. The van der Waals surface area contributed by atoms with Crippen LogP contribution in [0, 0.1) is 0 Å². The monoisotopic (exact) mass is 495 g/mol. The fraction of sp³-hybridized carbons (Fsp3) is 0.200. The Hall–Kier alpha value is -3.90. The van der Waals surface area contributed by atoms with Crippen LogP contribution in [0.5, 0.6) is 17.2 Å². The molecule has 0 atom stereocenters. The first-order valence-corrected chi connectivity index (χ1v) is 13.1. The summed E-state index contributed by atoms with van der Waals surface area (Å²) in [7, 11) is 0. The Labute approximate surface area is 215 Å². The number of H-pyrrole nitrogens is 1. The molecule has 0 unspecified atom stereocenters. The number of nitrogens with one attached hydrogen (secondary N) is 1. The summed E-state index contributed by atoms with van der Waals surface area (Å²) in [6.07, 6.45) is 5.83. The molecule has 0 aliphatic heterocycles. The Morgan fingerprint density at radius 3 is 2.61 bits per heavy atom. The summed E-state index contributed by atoms with van der Waals surface area (Å²) < 4.78 is 7.51. The summed E-state index contributed by atoms with van der Waals surface area (Å²) in [6, 6.07) is 21.9. The third-order valence-electron chi connectivity index (χ3n) is 6.02. The standard InChI is InChI=1S/C30H29N3O2S/c1-4-7-27-31-28(33-32-27)17-12-20-10-14-22(15-11-20)35-29-25-16-13-21(34)18-26(25)36-30(29)24-9-6-5-8-23(24)19(2)3/h5-6,8-19,34H,4,7H2,1-3H3,(H,31,32,33). The topological polar surface area (TPSA) is 71.0 Å². The van der Waals surface area contributed by atoms with E-state index in [4.69, 9.17) is 4.74 Å². The molecule has 2 N–H and O–H groups in total. The quantitative estimate of drug-likeness (QED) is 0.227. The van der Waals surface area contributed by atoms with Crippen molar-refractivity contribution in [1.82, 2.24) is 15.2 Å². The number of fused-ring (bicyclic) bond motifs is 1. The minimum Gasteiger partial charge on any atom is -0.508 e. The van der Waals surface area contributed by atoms with E-state index in [0.29, 0.717) is 11.7 Å². The van der Waals surface area contributed by atoms with Gasteiger partial charge in [-0.1, -0.05) is 63.2 Å². The van der Waals surface area contributed by atoms with Gasteiger partial charge in [0.05, 0.1) is 4.88 Å². The predicted molar refractivity (Wildman–Crippen MR) is 149 cm³/mol. The number of ether oxygens (including phenoxy) is 1. The van der Waals surface area contributed by atoms with Crippen molar-refractivity contribution in [3.05, 3.63) is 89.5 Å². The normalized spacial score (nSPS) is 11.7. The number of rotatable bonds is 8. The Morgan fingerprint density at radius 2 is 1.83 bits per heavy atom. The first-order chi connectivity index (χ1) is 17.5. The second-order valence-corrected chi connectivity index (χ2v) is 10.1. The molecule has 5 aromatic rings. The van der Waals surface area contributed by atoms with Gasteiger partial charge in [-0.2, -0.15) is 5.10 Å². The molecule has 2 heterocycles. The lowest BCUT2D eigenvalue weighted by Gasteiger charge is -2.14. The molecule has 0 fully saturated rings. The van der Waals surface area contributed by atoms with Gasteiger partial charge in [0.25, 0.3) is 0 Å². The van der Waals surface area contributed by atoms with Gasteiger partial charge in [0.2, 0.25) is 0 Å². The van der Waals surface area contributed by atoms with Crippen LogP contribution in [0.4, 0.5) is 0 Å². The molecule has 5 nitrogen and oxygen atoms in total. The van der Waals surface area contributed by atoms with E-state index in [0.717, 1.165) is 56.3 Å². The number of benzene rings is 3. The molecule has 36 heavy (non-hydrogen) atoms. The van der Waals surface area contributed by atoms with Gasteiger partial charge in [0, 0.05) is 16.5 Å². The zero-order chi connectivity index (χ0) is 25.1. The number of thiophene rings is 1. The molecule has 5 rings (SSSR count). The number of aryl methyl sites for hydroxylation is 1. The lowest BCUT2D eigenvalue weighted by atomic mass is 9.96. The summed E-state index contributed by atoms with van der Waals surface area (Å²) in [5.41, 5.74) is 3.47. The van der Waals surface area contributed by atoms with Crippen molar-refractivity contribution in [2.75, 3.05) is 0 Å². The molecule has 182 valence electrons. The van der Waals surface area contributed by atoms with E-state index in [9.17, 15) is 5.11 Å². The second-order valence-electron chi connectivity index (χ2n) is 9.08. The van der Waals surface area contributed by atoms with Crippen molar-refractivity contribution < 1.29 is 9.84 Å². The van der Waals surface area contributed by atoms with Gasteiger partial charge in [-0.25, -0.2) is 4.98 Å². The molecule has 3 aromatic carbocycles. The van der Waals surface area contributed by atoms with Crippen molar-refractivity contribution in [3.63, 3.8) is 0 Å². The maximum atomic E-state index is 10.1. The molecule has 6 heteroatoms. The third kappa shape index (κ3) is 5.04. The summed E-state index contributed by atoms with van der Waals surface area (Å²) in [5.74, 6) is 3.79. The van der Waals surface area contributed by atoms with Crippen LogP contribution >= 0.6 is 11.3 Å². The number of hydrogen-bond donors (Lipinski definition) is 2. The van der Waals surface area contributed by atoms with E-state index < -0.39 is 0 Å². The lowest BCUT2D eigenvalue weighted by molar-refractivity contribution is 0.476. The fourth-order valence-electron chi connectivity index (χ4n) is 4.22. The Kier molecular flexibility index (Phi) is 6.87. The van der Waals surface area contributed by atoms with E-state index in [1.54, 1.807) is 23.5 Å². The van der Waals surface area contributed by atoms with Gasteiger partial charge in [-0.3, -0.25) is 5.10 Å². The van der Waals surface area contributed by atoms with E-state index in [2.05, 4.69) is 60.2 Å². The molecule has 2 aromatic heterocycles. The summed E-state index contributed by atoms with van der Waals surface area (Å²) in [6.45, 7) is 6.53. The zero-order valence-corrected chi connectivity index (χ0v) is 21.5. The van der Waals surface area contributed by atoms with Crippen LogP contribution in [0.2, 0.25) is 0 Å². The van der Waals surface area contributed by atoms with Gasteiger partial charge < -0.3 is 9.84 Å². The lowest BCUT2D eigenvalue weighted by Crippen LogP contribution is -1.92. The van der Waals surface area contributed by atoms with Crippen LogP contribution in [0.3, 0.4) is 0 Å². The Balaban J connectivity index is 1.46. The largest absolute Gasteiger partial charge is 0.508 e. The summed E-state index contributed by atoms with van der Waals surface area (Å²) >= 11 is 1.64. The smallest absolute Gasteiger partial charge is 0.173 e.